The molecule has 0 spiro atoms. The van der Waals surface area contributed by atoms with E-state index in [9.17, 15) is 22.8 Å². The van der Waals surface area contributed by atoms with Gasteiger partial charge in [0.2, 0.25) is 0 Å². The molecular weight excluding hydrogens is 305 g/mol. The standard InChI is InChI=1S/C4H7F3N4S.C4H4O4/c5-4(6,7)1-10-2(8)11-3(9)12;5-3(6)1-2-4(7)8/h1H2,(H5,8,9,10,11,12);1-2H,(H,5,6)(H,7,8)/b;2-1-. The highest BCUT2D eigenvalue weighted by Crippen LogP contribution is 2.13. The number of nitrogens with two attached hydrogens (primary N) is 2. The Bertz CT molecular complexity index is 406. The van der Waals surface area contributed by atoms with Crippen LogP contribution < -0.4 is 16.8 Å². The number of nitrogens with zero attached hydrogens (tertiary/aromatic N) is 1. The van der Waals surface area contributed by atoms with Gasteiger partial charge in [0, 0.05) is 12.2 Å². The minimum absolute atomic E-state index is 0.224. The first kappa shape index (κ1) is 20.0. The lowest BCUT2D eigenvalue weighted by atomic mass is 10.5. The molecule has 0 bridgehead atoms. The summed E-state index contributed by atoms with van der Waals surface area (Å²) in [7, 11) is 0. The maximum atomic E-state index is 11.5. The smallest absolute Gasteiger partial charge is 0.408 e. The lowest BCUT2D eigenvalue weighted by Gasteiger charge is -2.04. The van der Waals surface area contributed by atoms with E-state index in [1.54, 1.807) is 0 Å². The van der Waals surface area contributed by atoms with Crippen molar-refractivity contribution in [2.75, 3.05) is 6.54 Å². The Kier molecular flexibility index (Phi) is 9.53. The number of thiocarbonyl (C=S) groups is 1. The fourth-order valence-electron chi connectivity index (χ4n) is 0.483. The van der Waals surface area contributed by atoms with Crippen molar-refractivity contribution < 1.29 is 33.0 Å². The van der Waals surface area contributed by atoms with Gasteiger partial charge < -0.3 is 27.0 Å². The Morgan fingerprint density at radius 1 is 1.20 bits per heavy atom. The molecule has 7 N–H and O–H groups in total. The molecule has 0 fully saturated rings. The van der Waals surface area contributed by atoms with E-state index in [0.29, 0.717) is 12.2 Å². The third-order valence-electron chi connectivity index (χ3n) is 1.05. The second kappa shape index (κ2) is 9.55. The van der Waals surface area contributed by atoms with Gasteiger partial charge in [0.25, 0.3) is 0 Å². The predicted molar refractivity (Wildman–Crippen MR) is 66.9 cm³/mol. The van der Waals surface area contributed by atoms with Crippen molar-refractivity contribution in [3.63, 3.8) is 0 Å². The number of alkyl halides is 3. The zero-order chi connectivity index (χ0) is 16.3. The summed E-state index contributed by atoms with van der Waals surface area (Å²) in [6.45, 7) is -1.35. The van der Waals surface area contributed by atoms with Crippen molar-refractivity contribution >= 4 is 35.2 Å². The number of carbonyl (C=O) groups is 2. The van der Waals surface area contributed by atoms with E-state index in [1.807, 2.05) is 0 Å². The minimum Gasteiger partial charge on any atom is -0.478 e. The van der Waals surface area contributed by atoms with Gasteiger partial charge in [0.15, 0.2) is 11.1 Å². The number of aliphatic imine (C=N–C) groups is 1. The van der Waals surface area contributed by atoms with Crippen molar-refractivity contribution in [1.29, 1.82) is 0 Å². The maximum absolute atomic E-state index is 11.5. The molecule has 0 heterocycles. The Morgan fingerprint density at radius 3 is 1.85 bits per heavy atom. The van der Waals surface area contributed by atoms with Gasteiger partial charge in [-0.3, -0.25) is 0 Å². The topological polar surface area (TPSA) is 151 Å². The van der Waals surface area contributed by atoms with E-state index < -0.39 is 30.6 Å². The van der Waals surface area contributed by atoms with Gasteiger partial charge in [0.05, 0.1) is 0 Å². The van der Waals surface area contributed by atoms with Crippen molar-refractivity contribution in [2.24, 2.45) is 16.5 Å². The highest BCUT2D eigenvalue weighted by Gasteiger charge is 2.26. The molecule has 20 heavy (non-hydrogen) atoms. The zero-order valence-electron chi connectivity index (χ0n) is 9.72. The van der Waals surface area contributed by atoms with Gasteiger partial charge in [-0.25, -0.2) is 14.6 Å². The summed E-state index contributed by atoms with van der Waals surface area (Å²) in [5.74, 6) is -2.96. The zero-order valence-corrected chi connectivity index (χ0v) is 10.5. The van der Waals surface area contributed by atoms with E-state index in [1.165, 1.54) is 0 Å². The first-order valence-corrected chi connectivity index (χ1v) is 4.92. The van der Waals surface area contributed by atoms with Gasteiger partial charge in [-0.15, -0.1) is 0 Å². The van der Waals surface area contributed by atoms with Gasteiger partial charge in [-0.2, -0.15) is 13.2 Å². The Labute approximate surface area is 116 Å². The van der Waals surface area contributed by atoms with Gasteiger partial charge in [0.1, 0.15) is 6.54 Å². The molecule has 0 amide bonds. The molecule has 0 aliphatic heterocycles. The molecule has 8 nitrogen and oxygen atoms in total. The Balaban J connectivity index is 0. The quantitative estimate of drug-likeness (QED) is 0.200. The number of hydrogen-bond donors (Lipinski definition) is 5. The maximum Gasteiger partial charge on any atom is 0.408 e. The summed E-state index contributed by atoms with van der Waals surface area (Å²) in [5, 5.41) is 17.5. The van der Waals surface area contributed by atoms with Crippen LogP contribution in [0.2, 0.25) is 0 Å². The summed E-state index contributed by atoms with van der Waals surface area (Å²) in [4.78, 5) is 22.0. The minimum atomic E-state index is -4.37. The van der Waals surface area contributed by atoms with Crippen molar-refractivity contribution in [3.05, 3.63) is 12.2 Å². The van der Waals surface area contributed by atoms with E-state index in [4.69, 9.17) is 21.7 Å². The van der Waals surface area contributed by atoms with Crippen LogP contribution in [0.4, 0.5) is 13.2 Å². The summed E-state index contributed by atoms with van der Waals surface area (Å²) in [6.07, 6.45) is -3.26. The van der Waals surface area contributed by atoms with Crippen LogP contribution in [0.5, 0.6) is 0 Å². The third-order valence-corrected chi connectivity index (χ3v) is 1.15. The molecule has 114 valence electrons. The van der Waals surface area contributed by atoms with Crippen molar-refractivity contribution in [3.8, 4) is 0 Å². The van der Waals surface area contributed by atoms with E-state index >= 15 is 0 Å². The molecule has 0 saturated heterocycles. The van der Waals surface area contributed by atoms with Gasteiger partial charge in [-0.1, -0.05) is 0 Å². The largest absolute Gasteiger partial charge is 0.478 e. The van der Waals surface area contributed by atoms with Crippen LogP contribution in [-0.2, 0) is 9.59 Å². The molecule has 12 heteroatoms. The van der Waals surface area contributed by atoms with Crippen LogP contribution in [0.3, 0.4) is 0 Å². The molecular formula is C8H11F3N4O4S. The fourth-order valence-corrected chi connectivity index (χ4v) is 0.588. The van der Waals surface area contributed by atoms with Crippen LogP contribution in [0.25, 0.3) is 0 Å². The first-order chi connectivity index (χ1) is 8.94. The lowest BCUT2D eigenvalue weighted by molar-refractivity contribution is -0.134. The average Bonchev–Trinajstić information content (AvgIpc) is 2.22. The number of nitrogens with one attached hydrogen (secondary N) is 1. The van der Waals surface area contributed by atoms with Crippen LogP contribution in [0, 0.1) is 0 Å². The number of carboxylic acids is 2. The summed E-state index contributed by atoms with van der Waals surface area (Å²) >= 11 is 4.30. The van der Waals surface area contributed by atoms with Crippen LogP contribution >= 0.6 is 12.2 Å². The summed E-state index contributed by atoms with van der Waals surface area (Å²) in [6, 6.07) is 0. The van der Waals surface area contributed by atoms with Gasteiger partial charge >= 0.3 is 18.1 Å². The molecule has 0 saturated carbocycles. The number of guanidine groups is 1. The number of carboxylic acid groups (broad SMARTS) is 2. The highest BCUT2D eigenvalue weighted by atomic mass is 32.1. The van der Waals surface area contributed by atoms with Gasteiger partial charge in [-0.05, 0) is 12.2 Å². The fraction of sp³-hybridized carbons (Fsp3) is 0.250. The molecule has 0 aromatic carbocycles. The molecule has 0 unspecified atom stereocenters. The Hall–Kier alpha value is -2.37. The molecule has 0 aromatic rings. The molecule has 0 aromatic heterocycles. The number of hydrogen-bond acceptors (Lipinski definition) is 4. The number of aliphatic carboxylic acids is 2. The van der Waals surface area contributed by atoms with Crippen LogP contribution in [-0.4, -0.2) is 45.9 Å². The summed E-state index contributed by atoms with van der Waals surface area (Å²) < 4.78 is 34.5. The molecule has 0 radical (unpaired) electrons. The molecule has 0 aliphatic rings. The van der Waals surface area contributed by atoms with E-state index in [0.717, 1.165) is 0 Å². The normalized spacial score (nSPS) is 11.4. The molecule has 0 rings (SSSR count). The summed E-state index contributed by atoms with van der Waals surface area (Å²) in [5.41, 5.74) is 9.86. The van der Waals surface area contributed by atoms with E-state index in [-0.39, 0.29) is 5.11 Å². The second-order valence-electron chi connectivity index (χ2n) is 2.82. The van der Waals surface area contributed by atoms with Crippen molar-refractivity contribution in [1.82, 2.24) is 5.32 Å². The monoisotopic (exact) mass is 316 g/mol. The second-order valence-corrected chi connectivity index (χ2v) is 3.26. The number of rotatable bonds is 3. The Morgan fingerprint density at radius 2 is 1.60 bits per heavy atom. The molecule has 0 atom stereocenters. The number of halogens is 3. The SMILES string of the molecule is NC(=S)NC(N)=NCC(F)(F)F.O=C(O)/C=C\C(=O)O. The molecule has 0 aliphatic carbocycles. The average molecular weight is 316 g/mol. The predicted octanol–water partition coefficient (Wildman–Crippen LogP) is -0.592. The van der Waals surface area contributed by atoms with E-state index in [2.05, 4.69) is 22.5 Å². The third kappa shape index (κ3) is 21.0. The van der Waals surface area contributed by atoms with Crippen molar-refractivity contribution in [2.45, 2.75) is 6.18 Å². The van der Waals surface area contributed by atoms with Crippen LogP contribution in [0.1, 0.15) is 0 Å². The lowest BCUT2D eigenvalue weighted by Crippen LogP contribution is -2.40. The van der Waals surface area contributed by atoms with Crippen LogP contribution in [0.15, 0.2) is 17.1 Å². The first-order valence-electron chi connectivity index (χ1n) is 4.51. The highest BCUT2D eigenvalue weighted by molar-refractivity contribution is 7.80.